The second-order valence-electron chi connectivity index (χ2n) is 7.57. The van der Waals surface area contributed by atoms with Crippen molar-refractivity contribution >= 4 is 5.78 Å². The molecular formula is C23H23F2N3O2. The first-order valence-corrected chi connectivity index (χ1v) is 9.93. The number of nitrogens with one attached hydrogen (secondary N) is 1. The van der Waals surface area contributed by atoms with Crippen molar-refractivity contribution in [3.63, 3.8) is 0 Å². The van der Waals surface area contributed by atoms with Crippen LogP contribution in [-0.4, -0.2) is 41.1 Å². The van der Waals surface area contributed by atoms with Crippen molar-refractivity contribution in [1.29, 1.82) is 0 Å². The first kappa shape index (κ1) is 20.2. The molecule has 1 N–H and O–H groups in total. The van der Waals surface area contributed by atoms with Crippen LogP contribution in [0.1, 0.15) is 28.8 Å². The Labute approximate surface area is 173 Å². The van der Waals surface area contributed by atoms with Gasteiger partial charge in [-0.2, -0.15) is 5.10 Å². The zero-order valence-corrected chi connectivity index (χ0v) is 16.7. The Bertz CT molecular complexity index is 1050. The summed E-state index contributed by atoms with van der Waals surface area (Å²) in [6.45, 7) is 2.04. The Kier molecular flexibility index (Phi) is 5.90. The minimum Gasteiger partial charge on any atom is -0.494 e. The fourth-order valence-electron chi connectivity index (χ4n) is 4.03. The number of halogens is 2. The van der Waals surface area contributed by atoms with Gasteiger partial charge in [0.2, 0.25) is 0 Å². The summed E-state index contributed by atoms with van der Waals surface area (Å²) >= 11 is 0. The van der Waals surface area contributed by atoms with E-state index in [4.69, 9.17) is 4.74 Å². The van der Waals surface area contributed by atoms with Crippen LogP contribution < -0.4 is 4.74 Å². The molecule has 1 aliphatic heterocycles. The summed E-state index contributed by atoms with van der Waals surface area (Å²) in [7, 11) is 1.40. The molecule has 1 saturated heterocycles. The highest BCUT2D eigenvalue weighted by Crippen LogP contribution is 2.27. The second kappa shape index (κ2) is 8.75. The van der Waals surface area contributed by atoms with Crippen molar-refractivity contribution in [3.05, 3.63) is 71.4 Å². The smallest absolute Gasteiger partial charge is 0.167 e. The van der Waals surface area contributed by atoms with Gasteiger partial charge in [-0.1, -0.05) is 12.1 Å². The average molecular weight is 411 g/mol. The van der Waals surface area contributed by atoms with Crippen LogP contribution in [0.5, 0.6) is 5.75 Å². The topological polar surface area (TPSA) is 58.2 Å². The Morgan fingerprint density at radius 3 is 2.90 bits per heavy atom. The van der Waals surface area contributed by atoms with Gasteiger partial charge in [-0.15, -0.1) is 0 Å². The number of nitrogens with zero attached hydrogens (tertiary/aromatic N) is 2. The molecule has 1 aliphatic rings. The molecular weight excluding hydrogens is 388 g/mol. The molecule has 0 unspecified atom stereocenters. The number of aromatic nitrogens is 2. The van der Waals surface area contributed by atoms with E-state index >= 15 is 0 Å². The van der Waals surface area contributed by atoms with Crippen LogP contribution in [-0.2, 0) is 6.54 Å². The van der Waals surface area contributed by atoms with E-state index in [1.807, 2.05) is 6.07 Å². The minimum atomic E-state index is -0.533. The molecule has 4 rings (SSSR count). The van der Waals surface area contributed by atoms with E-state index in [1.165, 1.54) is 31.4 Å². The molecule has 2 aromatic carbocycles. The highest BCUT2D eigenvalue weighted by atomic mass is 19.1. The summed E-state index contributed by atoms with van der Waals surface area (Å²) < 4.78 is 32.6. The van der Waals surface area contributed by atoms with Gasteiger partial charge >= 0.3 is 0 Å². The summed E-state index contributed by atoms with van der Waals surface area (Å²) in [6, 6.07) is 10.7. The molecule has 1 atom stereocenters. The molecule has 2 heterocycles. The third-order valence-electron chi connectivity index (χ3n) is 5.54. The van der Waals surface area contributed by atoms with Crippen LogP contribution in [0.3, 0.4) is 0 Å². The standard InChI is InChI=1S/C23H23F2N3O2/c1-30-21-8-7-16(11-20(21)25)23(29)17-5-3-9-28(13-17)14-18-12-26-27-22(18)15-4-2-6-19(24)10-15/h2,4,6-8,10-12,17H,3,5,9,13-14H2,1H3,(H,26,27)/t17-/m1/s1. The molecule has 0 spiro atoms. The van der Waals surface area contributed by atoms with Gasteiger partial charge < -0.3 is 4.74 Å². The van der Waals surface area contributed by atoms with Gasteiger partial charge in [0.1, 0.15) is 5.82 Å². The number of hydrogen-bond donors (Lipinski definition) is 1. The highest BCUT2D eigenvalue weighted by Gasteiger charge is 2.28. The predicted octanol–water partition coefficient (Wildman–Crippen LogP) is 4.46. The number of benzene rings is 2. The molecule has 156 valence electrons. The van der Waals surface area contributed by atoms with Crippen LogP contribution in [0.25, 0.3) is 11.3 Å². The van der Waals surface area contributed by atoms with E-state index in [0.29, 0.717) is 18.7 Å². The number of ether oxygens (including phenoxy) is 1. The van der Waals surface area contributed by atoms with Crippen molar-refractivity contribution in [2.45, 2.75) is 19.4 Å². The van der Waals surface area contributed by atoms with Gasteiger partial charge in [0, 0.05) is 35.7 Å². The summed E-state index contributed by atoms with van der Waals surface area (Å²) in [6.07, 6.45) is 3.39. The molecule has 3 aromatic rings. The third kappa shape index (κ3) is 4.26. The van der Waals surface area contributed by atoms with E-state index in [2.05, 4.69) is 15.1 Å². The molecule has 7 heteroatoms. The van der Waals surface area contributed by atoms with Crippen LogP contribution in [0, 0.1) is 17.6 Å². The molecule has 30 heavy (non-hydrogen) atoms. The number of hydrogen-bond acceptors (Lipinski definition) is 4. The number of methoxy groups -OCH3 is 1. The number of ketones is 1. The molecule has 0 aliphatic carbocycles. The summed E-state index contributed by atoms with van der Waals surface area (Å²) in [5.41, 5.74) is 2.83. The fourth-order valence-corrected chi connectivity index (χ4v) is 4.03. The summed E-state index contributed by atoms with van der Waals surface area (Å²) in [5, 5.41) is 7.08. The summed E-state index contributed by atoms with van der Waals surface area (Å²) in [5.74, 6) is -0.964. The van der Waals surface area contributed by atoms with Crippen molar-refractivity contribution in [2.75, 3.05) is 20.2 Å². The maximum Gasteiger partial charge on any atom is 0.167 e. The van der Waals surface area contributed by atoms with E-state index in [9.17, 15) is 13.6 Å². The average Bonchev–Trinajstić information content (AvgIpc) is 3.21. The van der Waals surface area contributed by atoms with Crippen LogP contribution >= 0.6 is 0 Å². The van der Waals surface area contributed by atoms with Crippen LogP contribution in [0.2, 0.25) is 0 Å². The maximum absolute atomic E-state index is 14.0. The molecule has 0 amide bonds. The van der Waals surface area contributed by atoms with Gasteiger partial charge in [0.25, 0.3) is 0 Å². The first-order chi connectivity index (χ1) is 14.5. The molecule has 5 nitrogen and oxygen atoms in total. The van der Waals surface area contributed by atoms with Gasteiger partial charge in [0.05, 0.1) is 19.0 Å². The Balaban J connectivity index is 1.47. The number of carbonyl (C=O) groups excluding carboxylic acids is 1. The van der Waals surface area contributed by atoms with Crippen LogP contribution in [0.15, 0.2) is 48.7 Å². The highest BCUT2D eigenvalue weighted by molar-refractivity contribution is 5.98. The fraction of sp³-hybridized carbons (Fsp3) is 0.304. The number of aromatic amines is 1. The van der Waals surface area contributed by atoms with E-state index in [-0.39, 0.29) is 23.3 Å². The maximum atomic E-state index is 14.0. The predicted molar refractivity (Wildman–Crippen MR) is 109 cm³/mol. The van der Waals surface area contributed by atoms with Crippen LogP contribution in [0.4, 0.5) is 8.78 Å². The lowest BCUT2D eigenvalue weighted by Crippen LogP contribution is -2.38. The van der Waals surface area contributed by atoms with Gasteiger partial charge in [0.15, 0.2) is 17.3 Å². The van der Waals surface area contributed by atoms with Crippen molar-refractivity contribution in [3.8, 4) is 17.0 Å². The van der Waals surface area contributed by atoms with Crippen molar-refractivity contribution in [1.82, 2.24) is 15.1 Å². The summed E-state index contributed by atoms with van der Waals surface area (Å²) in [4.78, 5) is 15.1. The van der Waals surface area contributed by atoms with Gasteiger partial charge in [-0.05, 0) is 49.7 Å². The Hall–Kier alpha value is -3.06. The third-order valence-corrected chi connectivity index (χ3v) is 5.54. The monoisotopic (exact) mass is 411 g/mol. The number of likely N-dealkylation sites (tertiary alicyclic amines) is 1. The van der Waals surface area contributed by atoms with E-state index in [0.717, 1.165) is 36.2 Å². The van der Waals surface area contributed by atoms with Crippen molar-refractivity contribution < 1.29 is 18.3 Å². The lowest BCUT2D eigenvalue weighted by atomic mass is 9.89. The SMILES string of the molecule is COc1ccc(C(=O)[C@@H]2CCCN(Cc3cn[nH]c3-c3cccc(F)c3)C2)cc1F. The number of Topliss-reactive ketones (excluding diaryl/α,β-unsaturated/α-hetero) is 1. The molecule has 0 radical (unpaired) electrons. The number of rotatable bonds is 6. The number of piperidine rings is 1. The molecule has 0 bridgehead atoms. The van der Waals surface area contributed by atoms with Crippen molar-refractivity contribution in [2.24, 2.45) is 5.92 Å². The molecule has 1 fully saturated rings. The normalized spacial score (nSPS) is 17.1. The second-order valence-corrected chi connectivity index (χ2v) is 7.57. The zero-order valence-electron chi connectivity index (χ0n) is 16.7. The quantitative estimate of drug-likeness (QED) is 0.609. The van der Waals surface area contributed by atoms with E-state index in [1.54, 1.807) is 18.3 Å². The van der Waals surface area contributed by atoms with Gasteiger partial charge in [-0.3, -0.25) is 14.8 Å². The minimum absolute atomic E-state index is 0.0567. The largest absolute Gasteiger partial charge is 0.494 e. The number of H-pyrrole nitrogens is 1. The lowest BCUT2D eigenvalue weighted by Gasteiger charge is -2.32. The van der Waals surface area contributed by atoms with E-state index < -0.39 is 5.82 Å². The zero-order chi connectivity index (χ0) is 21.1. The lowest BCUT2D eigenvalue weighted by molar-refractivity contribution is 0.0811. The first-order valence-electron chi connectivity index (χ1n) is 9.93. The number of carbonyl (C=O) groups is 1. The molecule has 1 aromatic heterocycles. The molecule has 0 saturated carbocycles. The van der Waals surface area contributed by atoms with Gasteiger partial charge in [-0.25, -0.2) is 8.78 Å². The Morgan fingerprint density at radius 2 is 2.13 bits per heavy atom. The Morgan fingerprint density at radius 1 is 1.27 bits per heavy atom.